The molecule has 4 atom stereocenters. The molecule has 2 saturated heterocycles. The van der Waals surface area contributed by atoms with Crippen molar-refractivity contribution >= 4 is 5.78 Å². The number of hydrogen-bond acceptors (Lipinski definition) is 2. The van der Waals surface area contributed by atoms with Gasteiger partial charge < -0.3 is 4.74 Å². The third-order valence-electron chi connectivity index (χ3n) is 3.50. The first-order valence-electron chi connectivity index (χ1n) is 4.55. The summed E-state index contributed by atoms with van der Waals surface area (Å²) >= 11 is 0. The van der Waals surface area contributed by atoms with E-state index in [1.165, 1.54) is 0 Å². The van der Waals surface area contributed by atoms with Crippen molar-refractivity contribution in [2.45, 2.75) is 37.9 Å². The molecule has 0 N–H and O–H groups in total. The van der Waals surface area contributed by atoms with Crippen molar-refractivity contribution < 1.29 is 9.53 Å². The lowest BCUT2D eigenvalue weighted by Gasteiger charge is -2.25. The Kier molecular flexibility index (Phi) is 1.05. The number of rotatable bonds is 0. The first-order valence-corrected chi connectivity index (χ1v) is 4.55. The van der Waals surface area contributed by atoms with Gasteiger partial charge in [0.1, 0.15) is 5.78 Å². The minimum Gasteiger partial charge on any atom is -0.373 e. The van der Waals surface area contributed by atoms with Crippen molar-refractivity contribution in [1.82, 2.24) is 0 Å². The molecule has 2 nitrogen and oxygen atoms in total. The zero-order valence-corrected chi connectivity index (χ0v) is 6.45. The van der Waals surface area contributed by atoms with E-state index < -0.39 is 0 Å². The van der Waals surface area contributed by atoms with E-state index in [1.807, 2.05) is 0 Å². The summed E-state index contributed by atoms with van der Waals surface area (Å²) in [5.41, 5.74) is 0. The number of carbonyl (C=O) groups is 1. The van der Waals surface area contributed by atoms with Gasteiger partial charge in [0.25, 0.3) is 0 Å². The number of carbonyl (C=O) groups excluding carboxylic acids is 1. The van der Waals surface area contributed by atoms with Gasteiger partial charge in [-0.1, -0.05) is 0 Å². The van der Waals surface area contributed by atoms with E-state index in [-0.39, 0.29) is 0 Å². The summed E-state index contributed by atoms with van der Waals surface area (Å²) in [7, 11) is 0. The number of fused-ring (bicyclic) bond motifs is 6. The third-order valence-corrected chi connectivity index (χ3v) is 3.50. The molecule has 3 fully saturated rings. The smallest absolute Gasteiger partial charge is 0.144 e. The fourth-order valence-electron chi connectivity index (χ4n) is 2.94. The molecule has 0 aromatic rings. The molecule has 60 valence electrons. The second kappa shape index (κ2) is 1.86. The molecular weight excluding hydrogens is 140 g/mol. The van der Waals surface area contributed by atoms with Gasteiger partial charge in [-0.2, -0.15) is 0 Å². The van der Waals surface area contributed by atoms with E-state index in [0.717, 1.165) is 25.7 Å². The molecular formula is C9H12O2. The summed E-state index contributed by atoms with van der Waals surface area (Å²) in [6, 6.07) is 0. The van der Waals surface area contributed by atoms with Crippen LogP contribution in [0, 0.1) is 11.8 Å². The Morgan fingerprint density at radius 2 is 1.55 bits per heavy atom. The monoisotopic (exact) mass is 152 g/mol. The Labute approximate surface area is 65.9 Å². The third kappa shape index (κ3) is 0.639. The first-order chi connectivity index (χ1) is 5.36. The quantitative estimate of drug-likeness (QED) is 0.520. The highest BCUT2D eigenvalue weighted by Gasteiger charge is 2.52. The van der Waals surface area contributed by atoms with Crippen LogP contribution in [0.4, 0.5) is 0 Å². The molecule has 11 heavy (non-hydrogen) atoms. The van der Waals surface area contributed by atoms with Crippen molar-refractivity contribution in [2.75, 3.05) is 0 Å². The van der Waals surface area contributed by atoms with Gasteiger partial charge in [0.2, 0.25) is 0 Å². The molecule has 2 heterocycles. The molecule has 0 amide bonds. The van der Waals surface area contributed by atoms with Crippen LogP contribution >= 0.6 is 0 Å². The minimum absolute atomic E-state index is 0.291. The fourth-order valence-corrected chi connectivity index (χ4v) is 2.94. The van der Waals surface area contributed by atoms with Crippen molar-refractivity contribution in [3.63, 3.8) is 0 Å². The largest absolute Gasteiger partial charge is 0.373 e. The number of hydrogen-bond donors (Lipinski definition) is 0. The van der Waals surface area contributed by atoms with Crippen molar-refractivity contribution in [2.24, 2.45) is 11.8 Å². The maximum atomic E-state index is 11.6. The van der Waals surface area contributed by atoms with Gasteiger partial charge in [-0.3, -0.25) is 4.79 Å². The van der Waals surface area contributed by atoms with Gasteiger partial charge in [0, 0.05) is 11.8 Å². The molecule has 3 rings (SSSR count). The summed E-state index contributed by atoms with van der Waals surface area (Å²) in [6.45, 7) is 0. The highest BCUT2D eigenvalue weighted by molar-refractivity contribution is 5.87. The zero-order chi connectivity index (χ0) is 7.42. The topological polar surface area (TPSA) is 26.3 Å². The highest BCUT2D eigenvalue weighted by Crippen LogP contribution is 2.46. The Bertz CT molecular complexity index is 192. The fraction of sp³-hybridized carbons (Fsp3) is 0.889. The van der Waals surface area contributed by atoms with Crippen molar-refractivity contribution in [3.8, 4) is 0 Å². The average molecular weight is 152 g/mol. The van der Waals surface area contributed by atoms with Gasteiger partial charge in [-0.05, 0) is 25.7 Å². The van der Waals surface area contributed by atoms with E-state index >= 15 is 0 Å². The SMILES string of the molecule is O=C1[C@H]2CC[C@@H]1[C@@H]1CC[C@H]2O1. The Hall–Kier alpha value is -0.370. The Morgan fingerprint density at radius 1 is 1.00 bits per heavy atom. The van der Waals surface area contributed by atoms with Gasteiger partial charge in [0.15, 0.2) is 0 Å². The van der Waals surface area contributed by atoms with Crippen molar-refractivity contribution in [1.29, 1.82) is 0 Å². The molecule has 1 saturated carbocycles. The lowest BCUT2D eigenvalue weighted by Crippen LogP contribution is -2.36. The molecule has 2 heteroatoms. The molecule has 4 bridgehead atoms. The second-order valence-corrected chi connectivity index (χ2v) is 3.98. The first kappa shape index (κ1) is 6.18. The summed E-state index contributed by atoms with van der Waals surface area (Å²) in [5.74, 6) is 1.10. The molecule has 0 radical (unpaired) electrons. The van der Waals surface area contributed by atoms with Gasteiger partial charge in [-0.15, -0.1) is 0 Å². The van der Waals surface area contributed by atoms with Crippen LogP contribution in [0.3, 0.4) is 0 Å². The Balaban J connectivity index is 2.03. The van der Waals surface area contributed by atoms with E-state index in [1.54, 1.807) is 0 Å². The molecule has 0 aromatic heterocycles. The average Bonchev–Trinajstić information content (AvgIpc) is 2.42. The normalized spacial score (nSPS) is 53.6. The number of Topliss-reactive ketones (excluding diaryl/α,β-unsaturated/α-hetero) is 1. The number of ketones is 1. The summed E-state index contributed by atoms with van der Waals surface area (Å²) in [6.07, 6.45) is 5.10. The summed E-state index contributed by atoms with van der Waals surface area (Å²) in [4.78, 5) is 11.6. The minimum atomic E-state index is 0.291. The maximum absolute atomic E-state index is 11.6. The molecule has 0 spiro atoms. The predicted octanol–water partition coefficient (Wildman–Crippen LogP) is 1.14. The number of ether oxygens (including phenoxy) is 1. The van der Waals surface area contributed by atoms with Gasteiger partial charge in [0.05, 0.1) is 12.2 Å². The van der Waals surface area contributed by atoms with Crippen LogP contribution in [0.2, 0.25) is 0 Å². The summed E-state index contributed by atoms with van der Waals surface area (Å²) in [5, 5.41) is 0. The molecule has 3 aliphatic rings. The lowest BCUT2D eigenvalue weighted by atomic mass is 9.96. The highest BCUT2D eigenvalue weighted by atomic mass is 16.5. The van der Waals surface area contributed by atoms with E-state index in [0.29, 0.717) is 29.8 Å². The van der Waals surface area contributed by atoms with Crippen LogP contribution in [-0.2, 0) is 9.53 Å². The van der Waals surface area contributed by atoms with E-state index in [9.17, 15) is 4.79 Å². The van der Waals surface area contributed by atoms with Crippen LogP contribution in [0.1, 0.15) is 25.7 Å². The lowest BCUT2D eigenvalue weighted by molar-refractivity contribution is -0.140. The van der Waals surface area contributed by atoms with Gasteiger partial charge in [-0.25, -0.2) is 0 Å². The summed E-state index contributed by atoms with van der Waals surface area (Å²) < 4.78 is 5.73. The standard InChI is InChI=1S/C9H12O2/c10-9-5-1-2-6(9)8-4-3-7(5)11-8/h5-8H,1-4H2/t5-,6+,7+,8-. The van der Waals surface area contributed by atoms with E-state index in [2.05, 4.69) is 0 Å². The zero-order valence-electron chi connectivity index (χ0n) is 6.45. The van der Waals surface area contributed by atoms with Crippen LogP contribution in [0.25, 0.3) is 0 Å². The molecule has 0 aromatic carbocycles. The Morgan fingerprint density at radius 3 is 2.09 bits per heavy atom. The molecule has 1 aliphatic carbocycles. The second-order valence-electron chi connectivity index (χ2n) is 3.98. The van der Waals surface area contributed by atoms with Crippen molar-refractivity contribution in [3.05, 3.63) is 0 Å². The maximum Gasteiger partial charge on any atom is 0.144 e. The van der Waals surface area contributed by atoms with Gasteiger partial charge >= 0.3 is 0 Å². The molecule has 0 unspecified atom stereocenters. The van der Waals surface area contributed by atoms with Crippen LogP contribution in [0.15, 0.2) is 0 Å². The van der Waals surface area contributed by atoms with Crippen LogP contribution < -0.4 is 0 Å². The van der Waals surface area contributed by atoms with Crippen LogP contribution in [-0.4, -0.2) is 18.0 Å². The van der Waals surface area contributed by atoms with Crippen LogP contribution in [0.5, 0.6) is 0 Å². The molecule has 2 aliphatic heterocycles. The van der Waals surface area contributed by atoms with E-state index in [4.69, 9.17) is 4.74 Å². The predicted molar refractivity (Wildman–Crippen MR) is 39.1 cm³/mol.